The number of carboxylic acid groups (broad SMARTS) is 1. The number of fused-ring (bicyclic) bond motifs is 1. The number of carbonyl (C=O) groups excluding carboxylic acids is 1. The molecule has 2 rings (SSSR count). The zero-order valence-corrected chi connectivity index (χ0v) is 10.2. The van der Waals surface area contributed by atoms with Crippen molar-refractivity contribution < 1.29 is 19.1 Å². The Morgan fingerprint density at radius 1 is 1.16 bits per heavy atom. The minimum Gasteiger partial charge on any atom is -0.480 e. The number of halogens is 1. The highest BCUT2D eigenvalue weighted by molar-refractivity contribution is 6.08. The summed E-state index contributed by atoms with van der Waals surface area (Å²) in [5.41, 5.74) is 0.255. The van der Waals surface area contributed by atoms with Gasteiger partial charge >= 0.3 is 5.97 Å². The first-order valence-electron chi connectivity index (χ1n) is 5.71. The van der Waals surface area contributed by atoms with Crippen molar-refractivity contribution in [1.82, 2.24) is 5.32 Å². The zero-order chi connectivity index (χ0) is 14.0. The molecule has 0 saturated carbocycles. The van der Waals surface area contributed by atoms with Crippen LogP contribution in [0.1, 0.15) is 17.3 Å². The van der Waals surface area contributed by atoms with Gasteiger partial charge in [0.2, 0.25) is 0 Å². The van der Waals surface area contributed by atoms with Gasteiger partial charge in [0.1, 0.15) is 11.9 Å². The molecule has 0 aliphatic heterocycles. The molecule has 0 aliphatic rings. The number of carboxylic acids is 1. The van der Waals surface area contributed by atoms with Crippen LogP contribution in [0.5, 0.6) is 0 Å². The Morgan fingerprint density at radius 3 is 2.42 bits per heavy atom. The van der Waals surface area contributed by atoms with Crippen LogP contribution in [-0.2, 0) is 4.79 Å². The Balaban J connectivity index is 2.43. The van der Waals surface area contributed by atoms with Crippen molar-refractivity contribution in [2.24, 2.45) is 0 Å². The quantitative estimate of drug-likeness (QED) is 0.890. The van der Waals surface area contributed by atoms with Crippen molar-refractivity contribution in [2.45, 2.75) is 13.0 Å². The van der Waals surface area contributed by atoms with Crippen LogP contribution >= 0.6 is 0 Å². The molecule has 0 aromatic heterocycles. The van der Waals surface area contributed by atoms with Gasteiger partial charge in [0.25, 0.3) is 5.91 Å². The third-order valence-corrected chi connectivity index (χ3v) is 2.83. The third-order valence-electron chi connectivity index (χ3n) is 2.83. The van der Waals surface area contributed by atoms with Gasteiger partial charge < -0.3 is 10.4 Å². The van der Waals surface area contributed by atoms with E-state index in [-0.39, 0.29) is 5.56 Å². The lowest BCUT2D eigenvalue weighted by atomic mass is 10.0. The molecule has 0 fully saturated rings. The molecule has 1 atom stereocenters. The topological polar surface area (TPSA) is 66.4 Å². The van der Waals surface area contributed by atoms with Crippen LogP contribution in [0.15, 0.2) is 36.4 Å². The van der Waals surface area contributed by atoms with Crippen LogP contribution in [0, 0.1) is 5.82 Å². The average Bonchev–Trinajstić information content (AvgIpc) is 2.39. The molecule has 5 heteroatoms. The predicted octanol–water partition coefficient (Wildman–Crippen LogP) is 2.18. The van der Waals surface area contributed by atoms with Gasteiger partial charge in [-0.15, -0.1) is 0 Å². The first-order valence-corrected chi connectivity index (χ1v) is 5.71. The number of nitrogens with one attached hydrogen (secondary N) is 1. The van der Waals surface area contributed by atoms with Gasteiger partial charge in [-0.25, -0.2) is 4.39 Å². The molecule has 98 valence electrons. The minimum absolute atomic E-state index is 0.255. The summed E-state index contributed by atoms with van der Waals surface area (Å²) >= 11 is 0. The van der Waals surface area contributed by atoms with Crippen LogP contribution in [0.2, 0.25) is 0 Å². The third kappa shape index (κ3) is 2.54. The summed E-state index contributed by atoms with van der Waals surface area (Å²) in [6, 6.07) is 8.10. The summed E-state index contributed by atoms with van der Waals surface area (Å²) in [7, 11) is 0. The molecular formula is C14H12FNO3. The molecule has 4 nitrogen and oxygen atoms in total. The smallest absolute Gasteiger partial charge is 0.325 e. The zero-order valence-electron chi connectivity index (χ0n) is 10.2. The summed E-state index contributed by atoms with van der Waals surface area (Å²) in [6.07, 6.45) is 0. The Labute approximate surface area is 108 Å². The number of carbonyl (C=O) groups is 2. The van der Waals surface area contributed by atoms with E-state index in [0.29, 0.717) is 10.8 Å². The first-order chi connectivity index (χ1) is 9.00. The van der Waals surface area contributed by atoms with E-state index in [1.165, 1.54) is 19.1 Å². The van der Waals surface area contributed by atoms with E-state index in [9.17, 15) is 14.0 Å². The van der Waals surface area contributed by atoms with Gasteiger partial charge in [-0.1, -0.05) is 24.3 Å². The van der Waals surface area contributed by atoms with E-state index in [0.717, 1.165) is 0 Å². The number of benzene rings is 2. The molecule has 2 aromatic rings. The molecule has 1 amide bonds. The van der Waals surface area contributed by atoms with Gasteiger partial charge in [0.05, 0.1) is 0 Å². The molecule has 19 heavy (non-hydrogen) atoms. The summed E-state index contributed by atoms with van der Waals surface area (Å²) in [5.74, 6) is -2.08. The van der Waals surface area contributed by atoms with Gasteiger partial charge in [-0.3, -0.25) is 9.59 Å². The van der Waals surface area contributed by atoms with Crippen LogP contribution in [0.4, 0.5) is 4.39 Å². The molecule has 0 radical (unpaired) electrons. The van der Waals surface area contributed by atoms with E-state index in [2.05, 4.69) is 5.32 Å². The van der Waals surface area contributed by atoms with Crippen molar-refractivity contribution in [2.75, 3.05) is 0 Å². The molecule has 0 spiro atoms. The predicted molar refractivity (Wildman–Crippen MR) is 68.5 cm³/mol. The van der Waals surface area contributed by atoms with Crippen molar-refractivity contribution in [3.05, 3.63) is 47.8 Å². The van der Waals surface area contributed by atoms with E-state index in [1.54, 1.807) is 24.3 Å². The van der Waals surface area contributed by atoms with Gasteiger partial charge in [0, 0.05) is 10.9 Å². The summed E-state index contributed by atoms with van der Waals surface area (Å²) < 4.78 is 13.6. The summed E-state index contributed by atoms with van der Waals surface area (Å²) in [4.78, 5) is 22.7. The highest BCUT2D eigenvalue weighted by atomic mass is 19.1. The molecule has 0 heterocycles. The molecule has 0 bridgehead atoms. The fourth-order valence-corrected chi connectivity index (χ4v) is 1.80. The number of amides is 1. The fourth-order valence-electron chi connectivity index (χ4n) is 1.80. The molecule has 0 saturated heterocycles. The van der Waals surface area contributed by atoms with E-state index >= 15 is 0 Å². The lowest BCUT2D eigenvalue weighted by molar-refractivity contribution is -0.138. The van der Waals surface area contributed by atoms with Gasteiger partial charge in [-0.05, 0) is 24.4 Å². The maximum absolute atomic E-state index is 13.6. The molecule has 0 aliphatic carbocycles. The SMILES string of the molecule is C[C@@H](NC(=O)c1ccc(F)c2ccccc12)C(=O)O. The Kier molecular flexibility index (Phi) is 3.46. The van der Waals surface area contributed by atoms with Gasteiger partial charge in [0.15, 0.2) is 0 Å². The number of hydrogen-bond donors (Lipinski definition) is 2. The van der Waals surface area contributed by atoms with Crippen molar-refractivity contribution in [3.63, 3.8) is 0 Å². The first kappa shape index (κ1) is 13.0. The Bertz CT molecular complexity index is 654. The monoisotopic (exact) mass is 261 g/mol. The molecule has 0 unspecified atom stereocenters. The number of rotatable bonds is 3. The Morgan fingerprint density at radius 2 is 1.79 bits per heavy atom. The minimum atomic E-state index is -1.13. The van der Waals surface area contributed by atoms with Crippen LogP contribution in [0.3, 0.4) is 0 Å². The second-order valence-corrected chi connectivity index (χ2v) is 4.17. The lowest BCUT2D eigenvalue weighted by Crippen LogP contribution is -2.38. The normalized spacial score (nSPS) is 12.1. The van der Waals surface area contributed by atoms with Gasteiger partial charge in [-0.2, -0.15) is 0 Å². The molecular weight excluding hydrogens is 249 g/mol. The highest BCUT2D eigenvalue weighted by Gasteiger charge is 2.17. The van der Waals surface area contributed by atoms with Crippen molar-refractivity contribution >= 4 is 22.6 Å². The van der Waals surface area contributed by atoms with Crippen LogP contribution in [0.25, 0.3) is 10.8 Å². The molecule has 2 aromatic carbocycles. The van der Waals surface area contributed by atoms with Crippen molar-refractivity contribution in [3.8, 4) is 0 Å². The largest absolute Gasteiger partial charge is 0.480 e. The molecule has 2 N–H and O–H groups in total. The van der Waals surface area contributed by atoms with Crippen LogP contribution in [-0.4, -0.2) is 23.0 Å². The maximum Gasteiger partial charge on any atom is 0.325 e. The summed E-state index contributed by atoms with van der Waals surface area (Å²) in [6.45, 7) is 1.37. The second-order valence-electron chi connectivity index (χ2n) is 4.17. The number of aliphatic carboxylic acids is 1. The standard InChI is InChI=1S/C14H12FNO3/c1-8(14(18)19)16-13(17)11-6-7-12(15)10-5-3-2-4-9(10)11/h2-8H,1H3,(H,16,17)(H,18,19)/t8-/m1/s1. The second kappa shape index (κ2) is 5.06. The highest BCUT2D eigenvalue weighted by Crippen LogP contribution is 2.21. The fraction of sp³-hybridized carbons (Fsp3) is 0.143. The maximum atomic E-state index is 13.6. The van der Waals surface area contributed by atoms with E-state index in [4.69, 9.17) is 5.11 Å². The van der Waals surface area contributed by atoms with E-state index < -0.39 is 23.7 Å². The lowest BCUT2D eigenvalue weighted by Gasteiger charge is -2.11. The summed E-state index contributed by atoms with van der Waals surface area (Å²) in [5, 5.41) is 11.9. The Hall–Kier alpha value is -2.43. The number of hydrogen-bond acceptors (Lipinski definition) is 2. The van der Waals surface area contributed by atoms with E-state index in [1.807, 2.05) is 0 Å². The van der Waals surface area contributed by atoms with Crippen molar-refractivity contribution in [1.29, 1.82) is 0 Å². The average molecular weight is 261 g/mol. The van der Waals surface area contributed by atoms with Crippen LogP contribution < -0.4 is 5.32 Å².